The minimum atomic E-state index is -0.457. The van der Waals surface area contributed by atoms with Crippen molar-refractivity contribution in [1.82, 2.24) is 9.97 Å². The van der Waals surface area contributed by atoms with Crippen LogP contribution < -0.4 is 5.73 Å². The summed E-state index contributed by atoms with van der Waals surface area (Å²) >= 11 is 0. The lowest BCUT2D eigenvalue weighted by Gasteiger charge is -2.34. The predicted octanol–water partition coefficient (Wildman–Crippen LogP) is 3.98. The van der Waals surface area contributed by atoms with Crippen molar-refractivity contribution in [1.29, 1.82) is 0 Å². The molecule has 0 aliphatic heterocycles. The molecule has 2 aromatic carbocycles. The maximum Gasteiger partial charge on any atom is 0.131 e. The van der Waals surface area contributed by atoms with E-state index >= 15 is 0 Å². The number of anilines is 1. The molecule has 0 saturated carbocycles. The number of aromatic nitrogens is 2. The second kappa shape index (κ2) is 6.83. The molecule has 1 heterocycles. The minimum absolute atomic E-state index is 0.457. The molecule has 1 aromatic heterocycles. The summed E-state index contributed by atoms with van der Waals surface area (Å²) in [5.74, 6) is 0.483. The number of oxime groups is 1. The number of nitrogen functional groups attached to an aromatic ring is 1. The van der Waals surface area contributed by atoms with Gasteiger partial charge in [0.25, 0.3) is 0 Å². The van der Waals surface area contributed by atoms with Crippen molar-refractivity contribution in [2.24, 2.45) is 5.16 Å². The first-order valence-electron chi connectivity index (χ1n) is 9.04. The molecule has 4 rings (SSSR count). The third-order valence-electron chi connectivity index (χ3n) is 5.01. The first-order valence-corrected chi connectivity index (χ1v) is 9.04. The van der Waals surface area contributed by atoms with E-state index in [0.717, 1.165) is 34.5 Å². The van der Waals surface area contributed by atoms with E-state index in [1.54, 1.807) is 0 Å². The Kier molecular flexibility index (Phi) is 4.36. The molecule has 27 heavy (non-hydrogen) atoms. The molecule has 2 N–H and O–H groups in total. The quantitative estimate of drug-likeness (QED) is 0.565. The SMILES string of the molecule is CC1(C)C(=NOCCc2ccccc2)c2ccccc2-c2ncnc(N)c21. The summed E-state index contributed by atoms with van der Waals surface area (Å²) in [6.45, 7) is 4.68. The van der Waals surface area contributed by atoms with E-state index in [9.17, 15) is 0 Å². The summed E-state index contributed by atoms with van der Waals surface area (Å²) in [4.78, 5) is 14.4. The molecule has 0 spiro atoms. The van der Waals surface area contributed by atoms with Crippen molar-refractivity contribution in [2.45, 2.75) is 25.7 Å². The third kappa shape index (κ3) is 3.05. The second-order valence-corrected chi connectivity index (χ2v) is 7.16. The fourth-order valence-corrected chi connectivity index (χ4v) is 3.65. The van der Waals surface area contributed by atoms with Gasteiger partial charge in [-0.05, 0) is 19.4 Å². The molecule has 136 valence electrons. The van der Waals surface area contributed by atoms with Crippen molar-refractivity contribution < 1.29 is 4.84 Å². The van der Waals surface area contributed by atoms with Crippen LogP contribution in [-0.4, -0.2) is 22.3 Å². The van der Waals surface area contributed by atoms with Crippen LogP contribution in [0.4, 0.5) is 5.82 Å². The van der Waals surface area contributed by atoms with Gasteiger partial charge in [-0.15, -0.1) is 0 Å². The Bertz CT molecular complexity index is 996. The van der Waals surface area contributed by atoms with Crippen molar-refractivity contribution in [3.8, 4) is 11.3 Å². The average molecular weight is 358 g/mol. The average Bonchev–Trinajstić information content (AvgIpc) is 2.68. The standard InChI is InChI=1S/C22H22N4O/c1-22(2)18-19(24-14-25-21(18)23)16-10-6-7-11-17(16)20(22)26-27-13-12-15-8-4-3-5-9-15/h3-11,14H,12-13H2,1-2H3,(H2,23,24,25). The topological polar surface area (TPSA) is 73.4 Å². The van der Waals surface area contributed by atoms with Gasteiger partial charge in [0, 0.05) is 28.5 Å². The van der Waals surface area contributed by atoms with Crippen LogP contribution in [-0.2, 0) is 16.7 Å². The van der Waals surface area contributed by atoms with Gasteiger partial charge in [0.2, 0.25) is 0 Å². The molecule has 0 fully saturated rings. The van der Waals surface area contributed by atoms with E-state index in [0.29, 0.717) is 12.4 Å². The van der Waals surface area contributed by atoms with Crippen LogP contribution in [0.2, 0.25) is 0 Å². The molecule has 0 atom stereocenters. The maximum absolute atomic E-state index is 6.22. The molecule has 3 aromatic rings. The monoisotopic (exact) mass is 358 g/mol. The van der Waals surface area contributed by atoms with Gasteiger partial charge in [-0.3, -0.25) is 0 Å². The number of benzene rings is 2. The second-order valence-electron chi connectivity index (χ2n) is 7.16. The zero-order chi connectivity index (χ0) is 18.9. The number of hydrogen-bond acceptors (Lipinski definition) is 5. The zero-order valence-corrected chi connectivity index (χ0v) is 15.5. The maximum atomic E-state index is 6.22. The zero-order valence-electron chi connectivity index (χ0n) is 15.5. The highest BCUT2D eigenvalue weighted by atomic mass is 16.6. The molecule has 5 nitrogen and oxygen atoms in total. The molecule has 0 unspecified atom stereocenters. The smallest absolute Gasteiger partial charge is 0.131 e. The largest absolute Gasteiger partial charge is 0.395 e. The summed E-state index contributed by atoms with van der Waals surface area (Å²) in [6, 6.07) is 18.3. The summed E-state index contributed by atoms with van der Waals surface area (Å²) < 4.78 is 0. The third-order valence-corrected chi connectivity index (χ3v) is 5.01. The van der Waals surface area contributed by atoms with Gasteiger partial charge >= 0.3 is 0 Å². The summed E-state index contributed by atoms with van der Waals surface area (Å²) in [5, 5.41) is 4.54. The normalized spacial score (nSPS) is 15.9. The highest BCUT2D eigenvalue weighted by Crippen LogP contribution is 2.44. The Morgan fingerprint density at radius 1 is 0.963 bits per heavy atom. The van der Waals surface area contributed by atoms with Crippen molar-refractivity contribution >= 4 is 11.5 Å². The molecule has 0 saturated heterocycles. The molecule has 0 radical (unpaired) electrons. The Morgan fingerprint density at radius 2 is 1.67 bits per heavy atom. The predicted molar refractivity (Wildman–Crippen MR) is 108 cm³/mol. The molecular weight excluding hydrogens is 336 g/mol. The fourth-order valence-electron chi connectivity index (χ4n) is 3.65. The number of fused-ring (bicyclic) bond motifs is 3. The highest BCUT2D eigenvalue weighted by molar-refractivity contribution is 6.15. The minimum Gasteiger partial charge on any atom is -0.395 e. The van der Waals surface area contributed by atoms with Crippen LogP contribution in [0.3, 0.4) is 0 Å². The first-order chi connectivity index (χ1) is 13.1. The van der Waals surface area contributed by atoms with E-state index in [1.165, 1.54) is 11.9 Å². The van der Waals surface area contributed by atoms with E-state index in [4.69, 9.17) is 10.6 Å². The van der Waals surface area contributed by atoms with Crippen molar-refractivity contribution in [3.05, 3.63) is 77.6 Å². The summed E-state index contributed by atoms with van der Waals surface area (Å²) in [6.07, 6.45) is 2.32. The van der Waals surface area contributed by atoms with Gasteiger partial charge in [0.15, 0.2) is 0 Å². The number of rotatable bonds is 4. The van der Waals surface area contributed by atoms with Crippen LogP contribution >= 0.6 is 0 Å². The van der Waals surface area contributed by atoms with Crippen molar-refractivity contribution in [2.75, 3.05) is 12.3 Å². The van der Waals surface area contributed by atoms with Gasteiger partial charge in [-0.2, -0.15) is 0 Å². The molecule has 0 amide bonds. The Labute approximate surface area is 158 Å². The van der Waals surface area contributed by atoms with E-state index in [-0.39, 0.29) is 0 Å². The van der Waals surface area contributed by atoms with Crippen LogP contribution in [0.1, 0.15) is 30.5 Å². The van der Waals surface area contributed by atoms with E-state index < -0.39 is 5.41 Å². The molecule has 0 bridgehead atoms. The van der Waals surface area contributed by atoms with Crippen LogP contribution in [0.5, 0.6) is 0 Å². The summed E-state index contributed by atoms with van der Waals surface area (Å²) in [5.41, 5.74) is 11.6. The molecular formula is C22H22N4O. The van der Waals surface area contributed by atoms with Gasteiger partial charge < -0.3 is 10.6 Å². The Morgan fingerprint density at radius 3 is 2.44 bits per heavy atom. The van der Waals surface area contributed by atoms with Gasteiger partial charge in [0.1, 0.15) is 18.8 Å². The number of nitrogens with two attached hydrogens (primary N) is 1. The van der Waals surface area contributed by atoms with Gasteiger partial charge in [-0.1, -0.05) is 59.8 Å². The van der Waals surface area contributed by atoms with Crippen LogP contribution in [0, 0.1) is 0 Å². The van der Waals surface area contributed by atoms with Gasteiger partial charge in [0.05, 0.1) is 11.4 Å². The molecule has 5 heteroatoms. The number of hydrogen-bond donors (Lipinski definition) is 1. The van der Waals surface area contributed by atoms with Gasteiger partial charge in [-0.25, -0.2) is 9.97 Å². The highest BCUT2D eigenvalue weighted by Gasteiger charge is 2.40. The van der Waals surface area contributed by atoms with Crippen molar-refractivity contribution in [3.63, 3.8) is 0 Å². The Hall–Kier alpha value is -3.21. The van der Waals surface area contributed by atoms with Crippen LogP contribution in [0.15, 0.2) is 66.1 Å². The molecule has 1 aliphatic rings. The fraction of sp³-hybridized carbons (Fsp3) is 0.227. The van der Waals surface area contributed by atoms with E-state index in [2.05, 4.69) is 47.2 Å². The summed E-state index contributed by atoms with van der Waals surface area (Å²) in [7, 11) is 0. The van der Waals surface area contributed by atoms with E-state index in [1.807, 2.05) is 36.4 Å². The lowest BCUT2D eigenvalue weighted by atomic mass is 9.70. The Balaban J connectivity index is 1.69. The lowest BCUT2D eigenvalue weighted by Crippen LogP contribution is -2.36. The first kappa shape index (κ1) is 17.2. The molecule has 1 aliphatic carbocycles. The number of nitrogens with zero attached hydrogens (tertiary/aromatic N) is 3. The van der Waals surface area contributed by atoms with Crippen LogP contribution in [0.25, 0.3) is 11.3 Å². The lowest BCUT2D eigenvalue weighted by molar-refractivity contribution is 0.146.